The molecule has 0 bridgehead atoms. The average molecular weight is 227 g/mol. The molecular weight excluding hydrogens is 218 g/mol. The van der Waals surface area contributed by atoms with E-state index >= 15 is 0 Å². The summed E-state index contributed by atoms with van der Waals surface area (Å²) in [5.41, 5.74) is 6.73. The maximum absolute atomic E-state index is 11.7. The van der Waals surface area contributed by atoms with E-state index in [1.165, 1.54) is 12.3 Å². The average Bonchev–Trinajstić information content (AvgIpc) is 2.85. The number of rotatable bonds is 2. The van der Waals surface area contributed by atoms with E-state index in [2.05, 4.69) is 5.32 Å². The minimum atomic E-state index is -0.406. The van der Waals surface area contributed by atoms with E-state index in [-0.39, 0.29) is 5.76 Å². The molecule has 0 saturated heterocycles. The molecule has 17 heavy (non-hydrogen) atoms. The molecule has 0 saturated carbocycles. The van der Waals surface area contributed by atoms with Crippen LogP contribution in [0.5, 0.6) is 0 Å². The Balaban J connectivity index is 2.25. The number of nitrogens with two attached hydrogens (primary N) is 1. The Hall–Kier alpha value is -2.74. The largest absolute Gasteiger partial charge is 0.459 e. The molecule has 0 aliphatic heterocycles. The Kier molecular flexibility index (Phi) is 2.79. The number of amides is 1. The number of benzene rings is 1. The molecule has 0 unspecified atom stereocenters. The lowest BCUT2D eigenvalue weighted by molar-refractivity contribution is 0.0996. The summed E-state index contributed by atoms with van der Waals surface area (Å²) in [4.78, 5) is 11.7. The van der Waals surface area contributed by atoms with Crippen LogP contribution in [0.1, 0.15) is 16.1 Å². The highest BCUT2D eigenvalue weighted by Crippen LogP contribution is 2.18. The minimum Gasteiger partial charge on any atom is -0.459 e. The lowest BCUT2D eigenvalue weighted by Gasteiger charge is -2.05. The summed E-state index contributed by atoms with van der Waals surface area (Å²) >= 11 is 0. The summed E-state index contributed by atoms with van der Waals surface area (Å²) < 4.78 is 4.95. The smallest absolute Gasteiger partial charge is 0.291 e. The quantitative estimate of drug-likeness (QED) is 0.767. The second kappa shape index (κ2) is 4.41. The highest BCUT2D eigenvalue weighted by molar-refractivity contribution is 6.03. The van der Waals surface area contributed by atoms with Gasteiger partial charge in [-0.15, -0.1) is 0 Å². The zero-order chi connectivity index (χ0) is 12.3. The molecule has 0 aliphatic carbocycles. The van der Waals surface area contributed by atoms with Crippen molar-refractivity contribution in [2.24, 2.45) is 0 Å². The number of carbonyl (C=O) groups is 1. The van der Waals surface area contributed by atoms with Crippen molar-refractivity contribution in [1.82, 2.24) is 0 Å². The number of nitrogens with zero attached hydrogens (tertiary/aromatic N) is 1. The Morgan fingerprint density at radius 3 is 2.88 bits per heavy atom. The molecule has 2 rings (SSSR count). The maximum atomic E-state index is 11.7. The lowest BCUT2D eigenvalue weighted by Crippen LogP contribution is -2.12. The summed E-state index contributed by atoms with van der Waals surface area (Å²) in [6.45, 7) is 0. The Labute approximate surface area is 97.5 Å². The summed E-state index contributed by atoms with van der Waals surface area (Å²) in [5, 5.41) is 11.5. The van der Waals surface area contributed by atoms with Gasteiger partial charge in [0.05, 0.1) is 17.5 Å². The molecule has 0 aliphatic rings. The van der Waals surface area contributed by atoms with E-state index in [0.29, 0.717) is 16.9 Å². The second-order valence-corrected chi connectivity index (χ2v) is 3.35. The third-order valence-corrected chi connectivity index (χ3v) is 2.16. The number of nitriles is 1. The van der Waals surface area contributed by atoms with Crippen molar-refractivity contribution in [3.8, 4) is 6.07 Å². The molecule has 2 aromatic rings. The molecule has 0 spiro atoms. The van der Waals surface area contributed by atoms with Gasteiger partial charge in [0.2, 0.25) is 0 Å². The van der Waals surface area contributed by atoms with Gasteiger partial charge in [0.1, 0.15) is 6.07 Å². The minimum absolute atomic E-state index is 0.186. The standard InChI is InChI=1S/C12H9N3O2/c13-7-8-6-9(14)3-4-10(8)15-12(16)11-2-1-5-17-11/h1-6H,14H2,(H,15,16). The highest BCUT2D eigenvalue weighted by atomic mass is 16.3. The van der Waals surface area contributed by atoms with E-state index in [9.17, 15) is 4.79 Å². The molecule has 3 N–H and O–H groups in total. The third kappa shape index (κ3) is 2.26. The number of nitrogens with one attached hydrogen (secondary N) is 1. The zero-order valence-corrected chi connectivity index (χ0v) is 8.81. The van der Waals surface area contributed by atoms with E-state index in [1.807, 2.05) is 6.07 Å². The van der Waals surface area contributed by atoms with E-state index in [4.69, 9.17) is 15.4 Å². The van der Waals surface area contributed by atoms with Gasteiger partial charge in [0, 0.05) is 5.69 Å². The van der Waals surface area contributed by atoms with Gasteiger partial charge in [-0.05, 0) is 30.3 Å². The van der Waals surface area contributed by atoms with E-state index in [0.717, 1.165) is 0 Å². The van der Waals surface area contributed by atoms with Crippen molar-refractivity contribution in [3.05, 3.63) is 47.9 Å². The monoisotopic (exact) mass is 227 g/mol. The summed E-state index contributed by atoms with van der Waals surface area (Å²) in [5.74, 6) is -0.220. The van der Waals surface area contributed by atoms with Gasteiger partial charge in [-0.3, -0.25) is 4.79 Å². The van der Waals surface area contributed by atoms with Crippen LogP contribution in [0.2, 0.25) is 0 Å². The molecule has 0 radical (unpaired) electrons. The van der Waals surface area contributed by atoms with Gasteiger partial charge in [0.15, 0.2) is 5.76 Å². The van der Waals surface area contributed by atoms with Gasteiger partial charge in [0.25, 0.3) is 5.91 Å². The van der Waals surface area contributed by atoms with Gasteiger partial charge in [-0.25, -0.2) is 0 Å². The van der Waals surface area contributed by atoms with Crippen LogP contribution in [-0.2, 0) is 0 Å². The van der Waals surface area contributed by atoms with Crippen molar-refractivity contribution in [3.63, 3.8) is 0 Å². The SMILES string of the molecule is N#Cc1cc(N)ccc1NC(=O)c1ccco1. The van der Waals surface area contributed by atoms with Crippen molar-refractivity contribution in [1.29, 1.82) is 5.26 Å². The fourth-order valence-corrected chi connectivity index (χ4v) is 1.36. The van der Waals surface area contributed by atoms with Crippen molar-refractivity contribution in [2.75, 3.05) is 11.1 Å². The number of carbonyl (C=O) groups excluding carboxylic acids is 1. The first kappa shape index (κ1) is 10.8. The summed E-state index contributed by atoms with van der Waals surface area (Å²) in [6.07, 6.45) is 1.41. The molecule has 1 amide bonds. The number of furan rings is 1. The van der Waals surface area contributed by atoms with Gasteiger partial charge < -0.3 is 15.5 Å². The molecule has 1 aromatic heterocycles. The summed E-state index contributed by atoms with van der Waals surface area (Å²) in [7, 11) is 0. The van der Waals surface area contributed by atoms with Crippen molar-refractivity contribution in [2.45, 2.75) is 0 Å². The zero-order valence-electron chi connectivity index (χ0n) is 8.81. The number of nitrogen functional groups attached to an aromatic ring is 1. The first-order chi connectivity index (χ1) is 8.20. The van der Waals surface area contributed by atoms with Crippen LogP contribution in [0.15, 0.2) is 41.0 Å². The first-order valence-corrected chi connectivity index (χ1v) is 4.85. The van der Waals surface area contributed by atoms with Crippen LogP contribution in [0.25, 0.3) is 0 Å². The maximum Gasteiger partial charge on any atom is 0.291 e. The normalized spacial score (nSPS) is 9.59. The molecule has 0 atom stereocenters. The molecule has 84 valence electrons. The van der Waals surface area contributed by atoms with Crippen LogP contribution >= 0.6 is 0 Å². The van der Waals surface area contributed by atoms with Gasteiger partial charge >= 0.3 is 0 Å². The molecule has 1 heterocycles. The van der Waals surface area contributed by atoms with Crippen LogP contribution < -0.4 is 11.1 Å². The van der Waals surface area contributed by atoms with E-state index in [1.54, 1.807) is 24.3 Å². The summed E-state index contributed by atoms with van der Waals surface area (Å²) in [6, 6.07) is 9.80. The number of hydrogen-bond donors (Lipinski definition) is 2. The molecule has 0 fully saturated rings. The van der Waals surface area contributed by atoms with Crippen molar-refractivity contribution < 1.29 is 9.21 Å². The van der Waals surface area contributed by atoms with Gasteiger partial charge in [-0.1, -0.05) is 0 Å². The van der Waals surface area contributed by atoms with Gasteiger partial charge in [-0.2, -0.15) is 5.26 Å². The molecule has 5 heteroatoms. The Bertz CT molecular complexity index is 582. The molecular formula is C12H9N3O2. The van der Waals surface area contributed by atoms with Crippen LogP contribution in [-0.4, -0.2) is 5.91 Å². The predicted octanol–water partition coefficient (Wildman–Crippen LogP) is 1.99. The second-order valence-electron chi connectivity index (χ2n) is 3.35. The fraction of sp³-hybridized carbons (Fsp3) is 0. The molecule has 1 aromatic carbocycles. The molecule has 5 nitrogen and oxygen atoms in total. The van der Waals surface area contributed by atoms with Crippen LogP contribution in [0.4, 0.5) is 11.4 Å². The van der Waals surface area contributed by atoms with Crippen LogP contribution in [0.3, 0.4) is 0 Å². The fourth-order valence-electron chi connectivity index (χ4n) is 1.36. The lowest BCUT2D eigenvalue weighted by atomic mass is 10.1. The third-order valence-electron chi connectivity index (χ3n) is 2.16. The van der Waals surface area contributed by atoms with E-state index < -0.39 is 5.91 Å². The Morgan fingerprint density at radius 1 is 1.41 bits per heavy atom. The number of hydrogen-bond acceptors (Lipinski definition) is 4. The predicted molar refractivity (Wildman–Crippen MR) is 62.2 cm³/mol. The topological polar surface area (TPSA) is 92.0 Å². The van der Waals surface area contributed by atoms with Crippen molar-refractivity contribution >= 4 is 17.3 Å². The van der Waals surface area contributed by atoms with Crippen LogP contribution in [0, 0.1) is 11.3 Å². The Morgan fingerprint density at radius 2 is 2.24 bits per heavy atom. The highest BCUT2D eigenvalue weighted by Gasteiger charge is 2.11. The first-order valence-electron chi connectivity index (χ1n) is 4.85. The number of anilines is 2.